The summed E-state index contributed by atoms with van der Waals surface area (Å²) in [5, 5.41) is 15.8. The Bertz CT molecular complexity index is 1240. The van der Waals surface area contributed by atoms with E-state index in [0.717, 1.165) is 30.5 Å². The lowest BCUT2D eigenvalue weighted by Gasteiger charge is -2.04. The highest BCUT2D eigenvalue weighted by molar-refractivity contribution is 9.10. The summed E-state index contributed by atoms with van der Waals surface area (Å²) < 4.78 is 2.04. The number of hydrogen-bond acceptors (Lipinski definition) is 2. The standard InChI is InChI=1S/C13H12BrNO.C11H7BrO2/c1-2-15-13(16)11-4-3-10-8-12(14)6-5-9(10)7-11;12-10-4-3-7-5-9(11(13)14)2-1-8(7)6-10/h3-8H,2H2,1H3,(H,15,16);1-6H,(H,13,14). The van der Waals surface area contributed by atoms with Crippen molar-refractivity contribution in [1.82, 2.24) is 5.32 Å². The van der Waals surface area contributed by atoms with E-state index in [2.05, 4.69) is 37.2 Å². The van der Waals surface area contributed by atoms with Gasteiger partial charge in [0.15, 0.2) is 0 Å². The maximum Gasteiger partial charge on any atom is 0.335 e. The summed E-state index contributed by atoms with van der Waals surface area (Å²) in [5.41, 5.74) is 1.02. The molecule has 6 heteroatoms. The molecule has 0 aliphatic rings. The molecule has 0 atom stereocenters. The van der Waals surface area contributed by atoms with Crippen LogP contribution in [0.1, 0.15) is 27.6 Å². The van der Waals surface area contributed by atoms with Gasteiger partial charge < -0.3 is 10.4 Å². The number of carboxylic acid groups (broad SMARTS) is 1. The van der Waals surface area contributed by atoms with Gasteiger partial charge in [-0.25, -0.2) is 4.79 Å². The van der Waals surface area contributed by atoms with Gasteiger partial charge in [0.25, 0.3) is 5.91 Å². The second kappa shape index (κ2) is 9.87. The molecule has 30 heavy (non-hydrogen) atoms. The van der Waals surface area contributed by atoms with Crippen LogP contribution < -0.4 is 5.32 Å². The fourth-order valence-corrected chi connectivity index (χ4v) is 3.73. The van der Waals surface area contributed by atoms with Crippen LogP contribution in [0.25, 0.3) is 21.5 Å². The first-order valence-electron chi connectivity index (χ1n) is 9.27. The number of carboxylic acids is 1. The maximum absolute atomic E-state index is 11.6. The molecule has 4 rings (SSSR count). The average molecular weight is 529 g/mol. The zero-order chi connectivity index (χ0) is 21.7. The molecule has 1 amide bonds. The van der Waals surface area contributed by atoms with Crippen LogP contribution in [-0.4, -0.2) is 23.5 Å². The SMILES string of the molecule is CCNC(=O)c1ccc2cc(Br)ccc2c1.O=C(O)c1ccc2cc(Br)ccc2c1. The number of rotatable bonds is 3. The van der Waals surface area contributed by atoms with E-state index < -0.39 is 5.97 Å². The van der Waals surface area contributed by atoms with Crippen molar-refractivity contribution >= 4 is 65.3 Å². The Hall–Kier alpha value is -2.70. The molecule has 0 radical (unpaired) electrons. The molecule has 0 aliphatic heterocycles. The number of nitrogens with one attached hydrogen (secondary N) is 1. The van der Waals surface area contributed by atoms with Gasteiger partial charge in [-0.15, -0.1) is 0 Å². The number of amides is 1. The molecule has 0 saturated heterocycles. The summed E-state index contributed by atoms with van der Waals surface area (Å²) in [6.45, 7) is 2.56. The van der Waals surface area contributed by atoms with E-state index in [0.29, 0.717) is 17.7 Å². The Morgan fingerprint density at radius 3 is 1.67 bits per heavy atom. The molecule has 0 unspecified atom stereocenters. The lowest BCUT2D eigenvalue weighted by atomic mass is 10.1. The van der Waals surface area contributed by atoms with Crippen molar-refractivity contribution in [3.05, 3.63) is 92.9 Å². The number of fused-ring (bicyclic) bond motifs is 2. The molecule has 152 valence electrons. The summed E-state index contributed by atoms with van der Waals surface area (Å²) in [4.78, 5) is 22.3. The van der Waals surface area contributed by atoms with E-state index in [9.17, 15) is 9.59 Å². The van der Waals surface area contributed by atoms with E-state index >= 15 is 0 Å². The number of hydrogen-bond donors (Lipinski definition) is 2. The van der Waals surface area contributed by atoms with Gasteiger partial charge >= 0.3 is 5.97 Å². The number of carbonyl (C=O) groups is 2. The molecule has 0 spiro atoms. The first-order valence-corrected chi connectivity index (χ1v) is 10.9. The molecule has 0 aromatic heterocycles. The van der Waals surface area contributed by atoms with Gasteiger partial charge in [-0.3, -0.25) is 4.79 Å². The fraction of sp³-hybridized carbons (Fsp3) is 0.0833. The highest BCUT2D eigenvalue weighted by Crippen LogP contribution is 2.22. The predicted octanol–water partition coefficient (Wildman–Crippen LogP) is 6.65. The van der Waals surface area contributed by atoms with Crippen LogP contribution >= 0.6 is 31.9 Å². The van der Waals surface area contributed by atoms with Crippen LogP contribution in [0.2, 0.25) is 0 Å². The molecule has 0 fully saturated rings. The maximum atomic E-state index is 11.6. The second-order valence-corrected chi connectivity index (χ2v) is 8.41. The third-order valence-electron chi connectivity index (χ3n) is 4.45. The average Bonchev–Trinajstić information content (AvgIpc) is 2.73. The van der Waals surface area contributed by atoms with Crippen molar-refractivity contribution in [2.24, 2.45) is 0 Å². The van der Waals surface area contributed by atoms with Crippen LogP contribution in [-0.2, 0) is 0 Å². The lowest BCUT2D eigenvalue weighted by Crippen LogP contribution is -2.22. The van der Waals surface area contributed by atoms with E-state index in [1.807, 2.05) is 67.6 Å². The van der Waals surface area contributed by atoms with Crippen LogP contribution in [0.15, 0.2) is 81.7 Å². The number of benzene rings is 4. The van der Waals surface area contributed by atoms with Crippen molar-refractivity contribution in [3.63, 3.8) is 0 Å². The Morgan fingerprint density at radius 1 is 0.733 bits per heavy atom. The monoisotopic (exact) mass is 527 g/mol. The number of halogens is 2. The topological polar surface area (TPSA) is 66.4 Å². The fourth-order valence-electron chi connectivity index (χ4n) is 2.97. The van der Waals surface area contributed by atoms with Gasteiger partial charge in [0.2, 0.25) is 0 Å². The van der Waals surface area contributed by atoms with Crippen molar-refractivity contribution in [2.45, 2.75) is 6.92 Å². The third-order valence-corrected chi connectivity index (χ3v) is 5.44. The van der Waals surface area contributed by atoms with Crippen molar-refractivity contribution < 1.29 is 14.7 Å². The summed E-state index contributed by atoms with van der Waals surface area (Å²) in [5.74, 6) is -0.915. The number of carbonyl (C=O) groups excluding carboxylic acids is 1. The van der Waals surface area contributed by atoms with Gasteiger partial charge in [0.1, 0.15) is 0 Å². The van der Waals surface area contributed by atoms with E-state index in [1.165, 1.54) is 0 Å². The van der Waals surface area contributed by atoms with E-state index in [-0.39, 0.29) is 5.91 Å². The summed E-state index contributed by atoms with van der Waals surface area (Å²) in [7, 11) is 0. The minimum atomic E-state index is -0.894. The molecular weight excluding hydrogens is 510 g/mol. The largest absolute Gasteiger partial charge is 0.478 e. The lowest BCUT2D eigenvalue weighted by molar-refractivity contribution is 0.0696. The first-order chi connectivity index (χ1) is 14.4. The molecule has 2 N–H and O–H groups in total. The Labute approximate surface area is 191 Å². The Morgan fingerprint density at radius 2 is 1.17 bits per heavy atom. The Balaban J connectivity index is 0.000000172. The Kier molecular flexibility index (Phi) is 7.24. The van der Waals surface area contributed by atoms with Crippen LogP contribution in [0.4, 0.5) is 0 Å². The second-order valence-electron chi connectivity index (χ2n) is 6.58. The first kappa shape index (κ1) is 22.0. The summed E-state index contributed by atoms with van der Waals surface area (Å²) in [6, 6.07) is 22.6. The van der Waals surface area contributed by atoms with E-state index in [4.69, 9.17) is 5.11 Å². The molecule has 4 aromatic carbocycles. The molecule has 0 bridgehead atoms. The van der Waals surface area contributed by atoms with Gasteiger partial charge in [-0.1, -0.05) is 56.1 Å². The van der Waals surface area contributed by atoms with Crippen LogP contribution in [0, 0.1) is 0 Å². The molecule has 0 saturated carbocycles. The van der Waals surface area contributed by atoms with Gasteiger partial charge in [-0.05, 0) is 77.0 Å². The predicted molar refractivity (Wildman–Crippen MR) is 128 cm³/mol. The van der Waals surface area contributed by atoms with E-state index in [1.54, 1.807) is 12.1 Å². The molecule has 4 aromatic rings. The van der Waals surface area contributed by atoms with Gasteiger partial charge in [0.05, 0.1) is 5.56 Å². The smallest absolute Gasteiger partial charge is 0.335 e. The van der Waals surface area contributed by atoms with Crippen LogP contribution in [0.3, 0.4) is 0 Å². The zero-order valence-electron chi connectivity index (χ0n) is 16.2. The minimum absolute atomic E-state index is 0.0210. The molecule has 4 nitrogen and oxygen atoms in total. The van der Waals surface area contributed by atoms with Gasteiger partial charge in [-0.2, -0.15) is 0 Å². The third kappa shape index (κ3) is 5.46. The van der Waals surface area contributed by atoms with Crippen molar-refractivity contribution in [2.75, 3.05) is 6.54 Å². The molecule has 0 heterocycles. The normalized spacial score (nSPS) is 10.4. The van der Waals surface area contributed by atoms with Crippen molar-refractivity contribution in [1.29, 1.82) is 0 Å². The summed E-state index contributed by atoms with van der Waals surface area (Å²) >= 11 is 6.79. The highest BCUT2D eigenvalue weighted by atomic mass is 79.9. The summed E-state index contributed by atoms with van der Waals surface area (Å²) in [6.07, 6.45) is 0. The van der Waals surface area contributed by atoms with Crippen molar-refractivity contribution in [3.8, 4) is 0 Å². The van der Waals surface area contributed by atoms with Crippen LogP contribution in [0.5, 0.6) is 0 Å². The zero-order valence-corrected chi connectivity index (χ0v) is 19.3. The minimum Gasteiger partial charge on any atom is -0.478 e. The number of aromatic carboxylic acids is 1. The molecule has 0 aliphatic carbocycles. The molecular formula is C24H19Br2NO3. The van der Waals surface area contributed by atoms with Gasteiger partial charge in [0, 0.05) is 21.1 Å². The highest BCUT2D eigenvalue weighted by Gasteiger charge is 2.05. The quantitative estimate of drug-likeness (QED) is 0.312.